The van der Waals surface area contributed by atoms with Crippen LogP contribution in [0.3, 0.4) is 0 Å². The first kappa shape index (κ1) is 16.0. The number of hydrogen-bond acceptors (Lipinski definition) is 3. The second-order valence-corrected chi connectivity index (χ2v) is 5.39. The van der Waals surface area contributed by atoms with Crippen molar-refractivity contribution in [1.29, 1.82) is 0 Å². The molecule has 1 rings (SSSR count). The summed E-state index contributed by atoms with van der Waals surface area (Å²) in [5.41, 5.74) is 2.57. The standard InChI is InChI=1S/C16H29N3/c1-5-11-19(14-13-18(3)4)12-10-17-16-9-7-6-8-15(16)2/h6-9,17H,5,10-14H2,1-4H3. The van der Waals surface area contributed by atoms with Crippen molar-refractivity contribution < 1.29 is 0 Å². The molecule has 0 aromatic heterocycles. The summed E-state index contributed by atoms with van der Waals surface area (Å²) in [5.74, 6) is 0. The van der Waals surface area contributed by atoms with Crippen LogP contribution in [0.4, 0.5) is 5.69 Å². The van der Waals surface area contributed by atoms with Crippen LogP contribution >= 0.6 is 0 Å². The Morgan fingerprint density at radius 2 is 1.74 bits per heavy atom. The molecule has 1 aromatic rings. The molecule has 1 aromatic carbocycles. The van der Waals surface area contributed by atoms with Gasteiger partial charge in [0.25, 0.3) is 0 Å². The van der Waals surface area contributed by atoms with Gasteiger partial charge < -0.3 is 15.1 Å². The van der Waals surface area contributed by atoms with Crippen LogP contribution in [-0.4, -0.2) is 56.6 Å². The van der Waals surface area contributed by atoms with E-state index in [0.29, 0.717) is 0 Å². The number of rotatable bonds is 9. The summed E-state index contributed by atoms with van der Waals surface area (Å²) in [6, 6.07) is 8.48. The number of aryl methyl sites for hydroxylation is 1. The maximum Gasteiger partial charge on any atom is 0.0370 e. The smallest absolute Gasteiger partial charge is 0.0370 e. The van der Waals surface area contributed by atoms with Gasteiger partial charge in [-0.1, -0.05) is 25.1 Å². The molecule has 0 aliphatic heterocycles. The van der Waals surface area contributed by atoms with Crippen LogP contribution in [0.15, 0.2) is 24.3 Å². The van der Waals surface area contributed by atoms with Crippen molar-refractivity contribution in [2.45, 2.75) is 20.3 Å². The lowest BCUT2D eigenvalue weighted by atomic mass is 10.2. The van der Waals surface area contributed by atoms with Crippen molar-refractivity contribution in [2.24, 2.45) is 0 Å². The minimum absolute atomic E-state index is 1.01. The maximum atomic E-state index is 3.53. The van der Waals surface area contributed by atoms with Crippen molar-refractivity contribution in [2.75, 3.05) is 52.1 Å². The van der Waals surface area contributed by atoms with Gasteiger partial charge in [0, 0.05) is 31.9 Å². The van der Waals surface area contributed by atoms with Crippen molar-refractivity contribution in [3.63, 3.8) is 0 Å². The molecular weight excluding hydrogens is 234 g/mol. The largest absolute Gasteiger partial charge is 0.384 e. The molecule has 19 heavy (non-hydrogen) atoms. The zero-order valence-corrected chi connectivity index (χ0v) is 12.9. The van der Waals surface area contributed by atoms with E-state index in [1.165, 1.54) is 24.2 Å². The van der Waals surface area contributed by atoms with E-state index in [0.717, 1.165) is 26.2 Å². The van der Waals surface area contributed by atoms with Crippen molar-refractivity contribution in [1.82, 2.24) is 9.80 Å². The topological polar surface area (TPSA) is 18.5 Å². The molecule has 0 heterocycles. The highest BCUT2D eigenvalue weighted by Crippen LogP contribution is 2.12. The van der Waals surface area contributed by atoms with E-state index >= 15 is 0 Å². The molecule has 0 saturated heterocycles. The predicted octanol–water partition coefficient (Wildman–Crippen LogP) is 2.68. The minimum Gasteiger partial charge on any atom is -0.384 e. The van der Waals surface area contributed by atoms with Gasteiger partial charge in [-0.3, -0.25) is 0 Å². The number of hydrogen-bond donors (Lipinski definition) is 1. The zero-order chi connectivity index (χ0) is 14.1. The van der Waals surface area contributed by atoms with Gasteiger partial charge in [-0.25, -0.2) is 0 Å². The van der Waals surface area contributed by atoms with Crippen molar-refractivity contribution in [3.8, 4) is 0 Å². The molecule has 108 valence electrons. The van der Waals surface area contributed by atoms with E-state index in [1.54, 1.807) is 0 Å². The Morgan fingerprint density at radius 1 is 1.00 bits per heavy atom. The molecular formula is C16H29N3. The summed E-state index contributed by atoms with van der Waals surface area (Å²) in [6.45, 7) is 9.98. The third-order valence-corrected chi connectivity index (χ3v) is 3.29. The number of likely N-dealkylation sites (N-methyl/N-ethyl adjacent to an activating group) is 1. The molecule has 0 spiro atoms. The SMILES string of the molecule is CCCN(CCNc1ccccc1C)CCN(C)C. The van der Waals surface area contributed by atoms with E-state index in [1.807, 2.05) is 0 Å². The average molecular weight is 263 g/mol. The lowest BCUT2D eigenvalue weighted by Gasteiger charge is -2.24. The van der Waals surface area contributed by atoms with E-state index in [-0.39, 0.29) is 0 Å². The van der Waals surface area contributed by atoms with Crippen LogP contribution in [0.2, 0.25) is 0 Å². The van der Waals surface area contributed by atoms with E-state index < -0.39 is 0 Å². The number of para-hydroxylation sites is 1. The van der Waals surface area contributed by atoms with Crippen molar-refractivity contribution in [3.05, 3.63) is 29.8 Å². The van der Waals surface area contributed by atoms with Crippen LogP contribution in [-0.2, 0) is 0 Å². The summed E-state index contributed by atoms with van der Waals surface area (Å²) in [5, 5.41) is 3.53. The molecule has 0 atom stereocenters. The molecule has 3 nitrogen and oxygen atoms in total. The number of anilines is 1. The predicted molar refractivity (Wildman–Crippen MR) is 85.0 cm³/mol. The Kier molecular flexibility index (Phi) is 7.53. The van der Waals surface area contributed by atoms with Crippen LogP contribution in [0.1, 0.15) is 18.9 Å². The van der Waals surface area contributed by atoms with Crippen molar-refractivity contribution >= 4 is 5.69 Å². The van der Waals surface area contributed by atoms with Crippen LogP contribution < -0.4 is 5.32 Å². The zero-order valence-electron chi connectivity index (χ0n) is 12.9. The fourth-order valence-electron chi connectivity index (χ4n) is 2.11. The molecule has 0 aliphatic rings. The summed E-state index contributed by atoms with van der Waals surface area (Å²) < 4.78 is 0. The fourth-order valence-corrected chi connectivity index (χ4v) is 2.11. The highest BCUT2D eigenvalue weighted by atomic mass is 15.2. The van der Waals surface area contributed by atoms with Crippen LogP contribution in [0.25, 0.3) is 0 Å². The van der Waals surface area contributed by atoms with Gasteiger partial charge in [0.2, 0.25) is 0 Å². The lowest BCUT2D eigenvalue weighted by molar-refractivity contribution is 0.248. The third-order valence-electron chi connectivity index (χ3n) is 3.29. The summed E-state index contributed by atoms with van der Waals surface area (Å²) in [6.07, 6.45) is 1.22. The van der Waals surface area contributed by atoms with Gasteiger partial charge >= 0.3 is 0 Å². The van der Waals surface area contributed by atoms with Crippen LogP contribution in [0, 0.1) is 6.92 Å². The third kappa shape index (κ3) is 6.60. The minimum atomic E-state index is 1.01. The summed E-state index contributed by atoms with van der Waals surface area (Å²) in [7, 11) is 4.27. The molecule has 0 amide bonds. The van der Waals surface area contributed by atoms with E-state index in [4.69, 9.17) is 0 Å². The maximum absolute atomic E-state index is 3.53. The number of benzene rings is 1. The fraction of sp³-hybridized carbons (Fsp3) is 0.625. The number of nitrogens with zero attached hydrogens (tertiary/aromatic N) is 2. The van der Waals surface area contributed by atoms with Crippen LogP contribution in [0.5, 0.6) is 0 Å². The normalized spacial score (nSPS) is 11.3. The Bertz CT molecular complexity index is 350. The van der Waals surface area contributed by atoms with Gasteiger partial charge in [-0.15, -0.1) is 0 Å². The highest BCUT2D eigenvalue weighted by molar-refractivity contribution is 5.50. The van der Waals surface area contributed by atoms with E-state index in [9.17, 15) is 0 Å². The second kappa shape index (κ2) is 8.94. The lowest BCUT2D eigenvalue weighted by Crippen LogP contribution is -2.35. The molecule has 0 aliphatic carbocycles. The summed E-state index contributed by atoms with van der Waals surface area (Å²) >= 11 is 0. The second-order valence-electron chi connectivity index (χ2n) is 5.39. The number of nitrogens with one attached hydrogen (secondary N) is 1. The first-order valence-electron chi connectivity index (χ1n) is 7.30. The highest BCUT2D eigenvalue weighted by Gasteiger charge is 2.04. The molecule has 0 bridgehead atoms. The Balaban J connectivity index is 2.33. The molecule has 0 fully saturated rings. The Labute approximate surface area is 118 Å². The molecule has 0 radical (unpaired) electrons. The molecule has 0 unspecified atom stereocenters. The van der Waals surface area contributed by atoms with Gasteiger partial charge in [-0.05, 0) is 45.6 Å². The first-order valence-corrected chi connectivity index (χ1v) is 7.30. The Hall–Kier alpha value is -1.06. The average Bonchev–Trinajstić information content (AvgIpc) is 2.38. The van der Waals surface area contributed by atoms with Gasteiger partial charge in [-0.2, -0.15) is 0 Å². The first-order chi connectivity index (χ1) is 9.13. The summed E-state index contributed by atoms with van der Waals surface area (Å²) in [4.78, 5) is 4.78. The molecule has 0 saturated carbocycles. The monoisotopic (exact) mass is 263 g/mol. The molecule has 1 N–H and O–H groups in total. The van der Waals surface area contributed by atoms with Gasteiger partial charge in [0.1, 0.15) is 0 Å². The van der Waals surface area contributed by atoms with Gasteiger partial charge in [0.05, 0.1) is 0 Å². The Morgan fingerprint density at radius 3 is 2.37 bits per heavy atom. The quantitative estimate of drug-likeness (QED) is 0.739. The van der Waals surface area contributed by atoms with E-state index in [2.05, 4.69) is 67.3 Å². The van der Waals surface area contributed by atoms with Gasteiger partial charge in [0.15, 0.2) is 0 Å². The molecule has 3 heteroatoms.